The number of carbonyl (C=O) groups is 1. The fourth-order valence-electron chi connectivity index (χ4n) is 6.78. The molecule has 3 atom stereocenters. The lowest BCUT2D eigenvalue weighted by Crippen LogP contribution is -2.40. The Hall–Kier alpha value is -4.15. The van der Waals surface area contributed by atoms with E-state index in [2.05, 4.69) is 52.8 Å². The van der Waals surface area contributed by atoms with Crippen LogP contribution in [0.2, 0.25) is 0 Å². The Morgan fingerprint density at radius 2 is 1.85 bits per heavy atom. The zero-order chi connectivity index (χ0) is 32.6. The number of methoxy groups -OCH3 is 1. The van der Waals surface area contributed by atoms with Gasteiger partial charge in [-0.15, -0.1) is 0 Å². The number of benzene rings is 3. The average Bonchev–Trinajstić information content (AvgIpc) is 3.69. The molecule has 9 heteroatoms. The molecule has 3 N–H and O–H groups in total. The first-order valence-electron chi connectivity index (χ1n) is 16.5. The number of ether oxygens (including phenoxy) is 5. The standard InChI is InChI=1S/C38H44N2O7/c1-3-46-38-31(14-17-44-19-20-45-18-16-41)34(30-10-6-9-29-28-8-5-4-7-25(28)21-33(29)30)23-36(47-38)37(42)39-15-13-26-24-40-35-12-11-27(43-2)22-32(26)35/h4-12,22-24,31,34,38,40-41H,3,13-21H2,1-2H3,(H,39,42)/t31-,34-,38-/m0/s1. The predicted octanol–water partition coefficient (Wildman–Crippen LogP) is 5.50. The average molecular weight is 641 g/mol. The van der Waals surface area contributed by atoms with E-state index in [-0.39, 0.29) is 30.1 Å². The lowest BCUT2D eigenvalue weighted by Gasteiger charge is -2.37. The summed E-state index contributed by atoms with van der Waals surface area (Å²) in [4.78, 5) is 17.0. The highest BCUT2D eigenvalue weighted by Crippen LogP contribution is 2.45. The second-order valence-corrected chi connectivity index (χ2v) is 11.8. The van der Waals surface area contributed by atoms with Gasteiger partial charge in [0.2, 0.25) is 6.29 Å². The zero-order valence-electron chi connectivity index (χ0n) is 27.1. The Bertz CT molecular complexity index is 1700. The number of rotatable bonds is 16. The predicted molar refractivity (Wildman–Crippen MR) is 180 cm³/mol. The molecule has 6 rings (SSSR count). The van der Waals surface area contributed by atoms with Crippen LogP contribution in [0.1, 0.15) is 41.5 Å². The molecule has 2 aliphatic rings. The summed E-state index contributed by atoms with van der Waals surface area (Å²) in [6.07, 6.45) is 5.50. The van der Waals surface area contributed by atoms with E-state index in [9.17, 15) is 4.79 Å². The largest absolute Gasteiger partial charge is 0.497 e. The molecule has 0 unspecified atom stereocenters. The highest BCUT2D eigenvalue weighted by Gasteiger charge is 2.39. The van der Waals surface area contributed by atoms with Crippen LogP contribution in [0.4, 0.5) is 0 Å². The number of H-pyrrole nitrogens is 1. The molecular weight excluding hydrogens is 596 g/mol. The van der Waals surface area contributed by atoms with Gasteiger partial charge < -0.3 is 39.1 Å². The van der Waals surface area contributed by atoms with Crippen molar-refractivity contribution in [3.05, 3.63) is 101 Å². The molecule has 1 aliphatic carbocycles. The van der Waals surface area contributed by atoms with E-state index in [0.717, 1.165) is 28.6 Å². The number of aliphatic hydroxyl groups is 1. The number of fused-ring (bicyclic) bond motifs is 4. The zero-order valence-corrected chi connectivity index (χ0v) is 27.1. The van der Waals surface area contributed by atoms with Crippen molar-refractivity contribution in [1.82, 2.24) is 10.3 Å². The number of hydrogen-bond donors (Lipinski definition) is 3. The van der Waals surface area contributed by atoms with Crippen molar-refractivity contribution in [2.75, 3.05) is 53.3 Å². The summed E-state index contributed by atoms with van der Waals surface area (Å²) in [5.41, 5.74) is 8.40. The lowest BCUT2D eigenvalue weighted by molar-refractivity contribution is -0.168. The third-order valence-electron chi connectivity index (χ3n) is 9.04. The molecule has 2 heterocycles. The maximum atomic E-state index is 13.7. The van der Waals surface area contributed by atoms with Crippen LogP contribution in [0.5, 0.6) is 5.75 Å². The molecule has 0 saturated carbocycles. The molecule has 0 saturated heterocycles. The number of hydrogen-bond acceptors (Lipinski definition) is 7. The Labute approximate surface area is 275 Å². The molecule has 0 bridgehead atoms. The summed E-state index contributed by atoms with van der Waals surface area (Å²) >= 11 is 0. The number of aromatic nitrogens is 1. The van der Waals surface area contributed by atoms with Gasteiger partial charge in [0.25, 0.3) is 5.91 Å². The van der Waals surface area contributed by atoms with E-state index in [1.165, 1.54) is 27.8 Å². The Balaban J connectivity index is 1.23. The molecule has 1 amide bonds. The number of aliphatic hydroxyl groups excluding tert-OH is 1. The maximum Gasteiger partial charge on any atom is 0.286 e. The molecule has 9 nitrogen and oxygen atoms in total. The van der Waals surface area contributed by atoms with Crippen molar-refractivity contribution in [2.24, 2.45) is 5.92 Å². The van der Waals surface area contributed by atoms with E-state index in [1.54, 1.807) is 7.11 Å². The smallest absolute Gasteiger partial charge is 0.286 e. The second-order valence-electron chi connectivity index (χ2n) is 11.8. The van der Waals surface area contributed by atoms with Crippen LogP contribution in [0.25, 0.3) is 22.0 Å². The Morgan fingerprint density at radius 3 is 2.68 bits per heavy atom. The van der Waals surface area contributed by atoms with Crippen molar-refractivity contribution >= 4 is 16.8 Å². The molecule has 0 radical (unpaired) electrons. The van der Waals surface area contributed by atoms with Crippen LogP contribution < -0.4 is 10.1 Å². The summed E-state index contributed by atoms with van der Waals surface area (Å²) in [5.74, 6) is 0.601. The van der Waals surface area contributed by atoms with E-state index < -0.39 is 6.29 Å². The van der Waals surface area contributed by atoms with Crippen molar-refractivity contribution in [1.29, 1.82) is 0 Å². The van der Waals surface area contributed by atoms with Gasteiger partial charge in [0.15, 0.2) is 5.76 Å². The normalized spacial score (nSPS) is 18.4. The number of nitrogens with one attached hydrogen (secondary N) is 2. The third-order valence-corrected chi connectivity index (χ3v) is 9.04. The number of amides is 1. The molecule has 0 spiro atoms. The van der Waals surface area contributed by atoms with Crippen LogP contribution >= 0.6 is 0 Å². The van der Waals surface area contributed by atoms with Crippen LogP contribution in [-0.4, -0.2) is 75.6 Å². The number of aromatic amines is 1. The van der Waals surface area contributed by atoms with Crippen LogP contribution in [-0.2, 0) is 36.6 Å². The first kappa shape index (κ1) is 32.8. The van der Waals surface area contributed by atoms with Gasteiger partial charge in [0.05, 0.1) is 33.5 Å². The molecular formula is C38H44N2O7. The maximum absolute atomic E-state index is 13.7. The number of carbonyl (C=O) groups excluding carboxylic acids is 1. The third kappa shape index (κ3) is 7.39. The first-order chi connectivity index (χ1) is 23.1. The van der Waals surface area contributed by atoms with Gasteiger partial charge in [0, 0.05) is 48.7 Å². The monoisotopic (exact) mass is 640 g/mol. The van der Waals surface area contributed by atoms with Gasteiger partial charge in [-0.2, -0.15) is 0 Å². The Kier molecular flexibility index (Phi) is 10.9. The van der Waals surface area contributed by atoms with Gasteiger partial charge >= 0.3 is 0 Å². The van der Waals surface area contributed by atoms with E-state index >= 15 is 0 Å². The van der Waals surface area contributed by atoms with Crippen molar-refractivity contribution in [2.45, 2.75) is 38.4 Å². The molecule has 1 aliphatic heterocycles. The summed E-state index contributed by atoms with van der Waals surface area (Å²) in [5, 5.41) is 13.1. The fourth-order valence-corrected chi connectivity index (χ4v) is 6.78. The quantitative estimate of drug-likeness (QED) is 0.122. The minimum absolute atomic E-state index is 0.0110. The first-order valence-corrected chi connectivity index (χ1v) is 16.5. The fraction of sp³-hybridized carbons (Fsp3) is 0.395. The minimum atomic E-state index is -0.620. The topological polar surface area (TPSA) is 111 Å². The van der Waals surface area contributed by atoms with E-state index in [0.29, 0.717) is 52.4 Å². The van der Waals surface area contributed by atoms with Gasteiger partial charge in [-0.25, -0.2) is 0 Å². The SMILES string of the molecule is CCO[C@H]1OC(C(=O)NCCc2c[nH]c3ccc(OC)cc23)=C[C@@H](c2cccc3c2Cc2ccccc2-3)[C@@H]1CCOCCOCCO. The van der Waals surface area contributed by atoms with E-state index in [4.69, 9.17) is 28.8 Å². The van der Waals surface area contributed by atoms with Crippen molar-refractivity contribution < 1.29 is 33.6 Å². The molecule has 0 fully saturated rings. The van der Waals surface area contributed by atoms with E-state index in [1.807, 2.05) is 37.4 Å². The minimum Gasteiger partial charge on any atom is -0.497 e. The molecule has 248 valence electrons. The van der Waals surface area contributed by atoms with Crippen molar-refractivity contribution in [3.63, 3.8) is 0 Å². The summed E-state index contributed by atoms with van der Waals surface area (Å²) < 4.78 is 29.2. The molecule has 47 heavy (non-hydrogen) atoms. The second kappa shape index (κ2) is 15.6. The van der Waals surface area contributed by atoms with Gasteiger partial charge in [-0.3, -0.25) is 4.79 Å². The van der Waals surface area contributed by atoms with Gasteiger partial charge in [0.1, 0.15) is 5.75 Å². The summed E-state index contributed by atoms with van der Waals surface area (Å²) in [6.45, 7) is 4.44. The summed E-state index contributed by atoms with van der Waals surface area (Å²) in [6, 6.07) is 20.9. The highest BCUT2D eigenvalue weighted by molar-refractivity contribution is 5.92. The highest BCUT2D eigenvalue weighted by atomic mass is 16.7. The van der Waals surface area contributed by atoms with Crippen LogP contribution in [0.3, 0.4) is 0 Å². The molecule has 4 aromatic rings. The summed E-state index contributed by atoms with van der Waals surface area (Å²) in [7, 11) is 1.66. The number of allylic oxidation sites excluding steroid dienone is 1. The van der Waals surface area contributed by atoms with Gasteiger partial charge in [-0.05, 0) is 83.8 Å². The van der Waals surface area contributed by atoms with Crippen molar-refractivity contribution in [3.8, 4) is 16.9 Å². The molecule has 1 aromatic heterocycles. The molecule has 3 aromatic carbocycles. The van der Waals surface area contributed by atoms with Crippen LogP contribution in [0, 0.1) is 5.92 Å². The lowest BCUT2D eigenvalue weighted by atomic mass is 9.78. The van der Waals surface area contributed by atoms with Gasteiger partial charge in [-0.1, -0.05) is 42.5 Å². The Morgan fingerprint density at radius 1 is 1.02 bits per heavy atom. The van der Waals surface area contributed by atoms with Crippen LogP contribution in [0.15, 0.2) is 78.7 Å².